The van der Waals surface area contributed by atoms with Gasteiger partial charge in [0.05, 0.1) is 6.61 Å². The van der Waals surface area contributed by atoms with E-state index >= 15 is 0 Å². The van der Waals surface area contributed by atoms with E-state index in [2.05, 4.69) is 4.74 Å². The zero-order valence-electron chi connectivity index (χ0n) is 6.44. The molecule has 0 spiro atoms. The standard InChI is InChI=1S/C4H7BF3O2.K/c1-4(9)10-3-2-5(6,7)8;/h2-3H2,1H3;/q-1;+1. The molecule has 0 aromatic heterocycles. The molecule has 0 aliphatic carbocycles. The predicted octanol–water partition coefficient (Wildman–Crippen LogP) is -1.60. The number of esters is 1. The van der Waals surface area contributed by atoms with Crippen molar-refractivity contribution in [1.82, 2.24) is 0 Å². The Morgan fingerprint density at radius 1 is 1.45 bits per heavy atom. The monoisotopic (exact) mass is 194 g/mol. The molecular weight excluding hydrogens is 187 g/mol. The van der Waals surface area contributed by atoms with Gasteiger partial charge in [0.15, 0.2) is 0 Å². The third kappa shape index (κ3) is 13.9. The smallest absolute Gasteiger partial charge is 0.469 e. The molecule has 2 nitrogen and oxygen atoms in total. The van der Waals surface area contributed by atoms with Gasteiger partial charge in [0, 0.05) is 6.92 Å². The summed E-state index contributed by atoms with van der Waals surface area (Å²) >= 11 is 0. The topological polar surface area (TPSA) is 26.3 Å². The van der Waals surface area contributed by atoms with Crippen molar-refractivity contribution < 1.29 is 73.9 Å². The molecule has 0 N–H and O–H groups in total. The summed E-state index contributed by atoms with van der Waals surface area (Å²) in [4.78, 5) is 9.95. The molecule has 11 heavy (non-hydrogen) atoms. The van der Waals surface area contributed by atoms with E-state index < -0.39 is 25.9 Å². The Kier molecular flexibility index (Phi) is 8.52. The third-order valence-corrected chi connectivity index (χ3v) is 0.751. The molecule has 60 valence electrons. The molecule has 0 aromatic rings. The van der Waals surface area contributed by atoms with Crippen LogP contribution >= 0.6 is 0 Å². The Morgan fingerprint density at radius 2 is 1.91 bits per heavy atom. The second-order valence-corrected chi connectivity index (χ2v) is 1.84. The Bertz CT molecular complexity index is 127. The van der Waals surface area contributed by atoms with E-state index in [1.54, 1.807) is 0 Å². The summed E-state index contributed by atoms with van der Waals surface area (Å²) < 4.78 is 38.2. The molecule has 0 aliphatic heterocycles. The summed E-state index contributed by atoms with van der Waals surface area (Å²) in [6.45, 7) is -4.29. The molecule has 0 aliphatic rings. The van der Waals surface area contributed by atoms with Crippen molar-refractivity contribution in [3.63, 3.8) is 0 Å². The molecule has 0 bridgehead atoms. The van der Waals surface area contributed by atoms with E-state index in [0.29, 0.717) is 0 Å². The van der Waals surface area contributed by atoms with Crippen LogP contribution in [0.1, 0.15) is 6.92 Å². The first-order chi connectivity index (χ1) is 4.42. The second-order valence-electron chi connectivity index (χ2n) is 1.84. The van der Waals surface area contributed by atoms with Crippen LogP contribution in [0, 0.1) is 0 Å². The maximum atomic E-state index is 11.4. The minimum absolute atomic E-state index is 0. The van der Waals surface area contributed by atoms with Crippen molar-refractivity contribution in [2.24, 2.45) is 0 Å². The Balaban J connectivity index is 0. The Hall–Kier alpha value is 0.961. The van der Waals surface area contributed by atoms with Crippen molar-refractivity contribution >= 4 is 12.9 Å². The van der Waals surface area contributed by atoms with Crippen molar-refractivity contribution in [3.05, 3.63) is 0 Å². The number of ether oxygens (including phenoxy) is 1. The fourth-order valence-corrected chi connectivity index (χ4v) is 0.336. The predicted molar refractivity (Wildman–Crippen MR) is 30.5 cm³/mol. The summed E-state index contributed by atoms with van der Waals surface area (Å²) in [6.07, 6.45) is -1.01. The molecule has 0 radical (unpaired) electrons. The van der Waals surface area contributed by atoms with Crippen LogP contribution in [0.3, 0.4) is 0 Å². The molecule has 7 heteroatoms. The maximum absolute atomic E-state index is 11.4. The molecule has 0 saturated carbocycles. The first-order valence-electron chi connectivity index (χ1n) is 2.76. The van der Waals surface area contributed by atoms with Crippen molar-refractivity contribution in [2.75, 3.05) is 6.61 Å². The van der Waals surface area contributed by atoms with Gasteiger partial charge in [-0.1, -0.05) is 6.32 Å². The number of rotatable bonds is 3. The minimum atomic E-state index is -4.81. The summed E-state index contributed by atoms with van der Waals surface area (Å²) in [7, 11) is 0. The largest absolute Gasteiger partial charge is 1.00 e. The molecule has 0 aromatic carbocycles. The number of carbonyl (C=O) groups excluding carboxylic acids is 1. The van der Waals surface area contributed by atoms with Crippen LogP contribution < -0.4 is 51.4 Å². The van der Waals surface area contributed by atoms with Crippen LogP contribution in [0.15, 0.2) is 0 Å². The van der Waals surface area contributed by atoms with Crippen molar-refractivity contribution in [3.8, 4) is 0 Å². The van der Waals surface area contributed by atoms with Gasteiger partial charge < -0.3 is 17.7 Å². The SMILES string of the molecule is CC(=O)OCC[B-](F)(F)F.[K+]. The van der Waals surface area contributed by atoms with Gasteiger partial charge in [-0.25, -0.2) is 0 Å². The number of halogens is 3. The van der Waals surface area contributed by atoms with Gasteiger partial charge in [-0.05, 0) is 0 Å². The zero-order chi connectivity index (χ0) is 8.20. The quantitative estimate of drug-likeness (QED) is 0.399. The van der Waals surface area contributed by atoms with E-state index in [1.165, 1.54) is 0 Å². The Labute approximate surface area is 105 Å². The second kappa shape index (κ2) is 6.47. The maximum Gasteiger partial charge on any atom is 1.00 e. The summed E-state index contributed by atoms with van der Waals surface area (Å²) in [5, 5.41) is 0. The summed E-state index contributed by atoms with van der Waals surface area (Å²) in [6, 6.07) is 0. The van der Waals surface area contributed by atoms with Gasteiger partial charge >= 0.3 is 64.3 Å². The van der Waals surface area contributed by atoms with Crippen LogP contribution in [0.5, 0.6) is 0 Å². The van der Waals surface area contributed by atoms with Crippen LogP contribution in [0.25, 0.3) is 0 Å². The first kappa shape index (κ1) is 14.5. The first-order valence-corrected chi connectivity index (χ1v) is 2.76. The van der Waals surface area contributed by atoms with E-state index in [9.17, 15) is 17.7 Å². The van der Waals surface area contributed by atoms with Gasteiger partial charge in [0.25, 0.3) is 0 Å². The molecule has 0 fully saturated rings. The van der Waals surface area contributed by atoms with Crippen LogP contribution in [-0.2, 0) is 9.53 Å². The molecule has 0 heterocycles. The van der Waals surface area contributed by atoms with Crippen molar-refractivity contribution in [2.45, 2.75) is 13.2 Å². The number of hydrogen-bond acceptors (Lipinski definition) is 2. The van der Waals surface area contributed by atoms with Gasteiger partial charge in [0.2, 0.25) is 0 Å². The zero-order valence-corrected chi connectivity index (χ0v) is 9.57. The summed E-state index contributed by atoms with van der Waals surface area (Å²) in [5.74, 6) is -0.681. The van der Waals surface area contributed by atoms with Gasteiger partial charge in [0.1, 0.15) is 0 Å². The average Bonchev–Trinajstić information content (AvgIpc) is 1.59. The van der Waals surface area contributed by atoms with Gasteiger partial charge in [-0.3, -0.25) is 4.79 Å². The number of carbonyl (C=O) groups is 1. The molecule has 0 saturated heterocycles. The molecule has 0 rings (SSSR count). The third-order valence-electron chi connectivity index (χ3n) is 0.751. The van der Waals surface area contributed by atoms with E-state index in [4.69, 9.17) is 0 Å². The molecular formula is C4H7BF3KO2. The minimum Gasteiger partial charge on any atom is -0.469 e. The fourth-order valence-electron chi connectivity index (χ4n) is 0.336. The fraction of sp³-hybridized carbons (Fsp3) is 0.750. The van der Waals surface area contributed by atoms with Crippen LogP contribution in [0.4, 0.5) is 12.9 Å². The number of hydrogen-bond donors (Lipinski definition) is 0. The van der Waals surface area contributed by atoms with Crippen LogP contribution in [-0.4, -0.2) is 19.6 Å². The van der Waals surface area contributed by atoms with Crippen molar-refractivity contribution in [1.29, 1.82) is 0 Å². The normalized spacial score (nSPS) is 10.2. The van der Waals surface area contributed by atoms with E-state index in [-0.39, 0.29) is 51.4 Å². The molecule has 0 unspecified atom stereocenters. The van der Waals surface area contributed by atoms with Gasteiger partial charge in [-0.15, -0.1) is 0 Å². The molecule has 0 atom stereocenters. The molecule has 0 amide bonds. The van der Waals surface area contributed by atoms with E-state index in [0.717, 1.165) is 6.92 Å². The van der Waals surface area contributed by atoms with E-state index in [1.807, 2.05) is 0 Å². The Morgan fingerprint density at radius 3 is 2.18 bits per heavy atom. The van der Waals surface area contributed by atoms with Gasteiger partial charge in [-0.2, -0.15) is 0 Å². The van der Waals surface area contributed by atoms with Crippen LogP contribution in [0.2, 0.25) is 6.32 Å². The average molecular weight is 194 g/mol. The summed E-state index contributed by atoms with van der Waals surface area (Å²) in [5.41, 5.74) is 0.